The zero-order valence-electron chi connectivity index (χ0n) is 12.9. The van der Waals surface area contributed by atoms with Crippen molar-refractivity contribution in [1.29, 1.82) is 0 Å². The molecule has 0 aliphatic carbocycles. The van der Waals surface area contributed by atoms with Gasteiger partial charge in [0.05, 0.1) is 22.5 Å². The van der Waals surface area contributed by atoms with Gasteiger partial charge in [0, 0.05) is 25.4 Å². The maximum atomic E-state index is 12.7. The second-order valence-corrected chi connectivity index (χ2v) is 6.19. The van der Waals surface area contributed by atoms with Crippen LogP contribution >= 0.6 is 11.6 Å². The molecule has 0 saturated carbocycles. The molecule has 1 amide bonds. The third-order valence-corrected chi connectivity index (χ3v) is 4.58. The van der Waals surface area contributed by atoms with E-state index in [0.29, 0.717) is 10.6 Å². The number of benzene rings is 1. The van der Waals surface area contributed by atoms with Crippen LogP contribution in [0, 0.1) is 0 Å². The van der Waals surface area contributed by atoms with Gasteiger partial charge in [-0.2, -0.15) is 5.10 Å². The van der Waals surface area contributed by atoms with Gasteiger partial charge in [0.25, 0.3) is 5.91 Å². The summed E-state index contributed by atoms with van der Waals surface area (Å²) >= 11 is 6.18. The average molecular weight is 334 g/mol. The van der Waals surface area contributed by atoms with E-state index in [0.717, 1.165) is 37.9 Å². The Kier molecular flexibility index (Phi) is 4.98. The van der Waals surface area contributed by atoms with Crippen LogP contribution in [0.25, 0.3) is 5.69 Å². The molecular formula is C17H20ClN3O2. The van der Waals surface area contributed by atoms with Gasteiger partial charge in [0.15, 0.2) is 0 Å². The number of hydrogen-bond acceptors (Lipinski definition) is 3. The second-order valence-electron chi connectivity index (χ2n) is 5.79. The molecule has 1 atom stereocenters. The van der Waals surface area contributed by atoms with Crippen molar-refractivity contribution in [2.24, 2.45) is 0 Å². The first kappa shape index (κ1) is 16.0. The lowest BCUT2D eigenvalue weighted by Gasteiger charge is -2.24. The highest BCUT2D eigenvalue weighted by Crippen LogP contribution is 2.24. The van der Waals surface area contributed by atoms with E-state index >= 15 is 0 Å². The van der Waals surface area contributed by atoms with Gasteiger partial charge in [-0.15, -0.1) is 0 Å². The number of aromatic nitrogens is 2. The van der Waals surface area contributed by atoms with E-state index in [4.69, 9.17) is 16.7 Å². The lowest BCUT2D eigenvalue weighted by Crippen LogP contribution is -2.35. The summed E-state index contributed by atoms with van der Waals surface area (Å²) in [6.45, 7) is 0.940. The van der Waals surface area contributed by atoms with Crippen LogP contribution in [0.15, 0.2) is 36.7 Å². The number of nitrogens with zero attached hydrogens (tertiary/aromatic N) is 3. The molecule has 1 saturated heterocycles. The van der Waals surface area contributed by atoms with Gasteiger partial charge in [-0.1, -0.05) is 23.7 Å². The molecule has 1 unspecified atom stereocenters. The van der Waals surface area contributed by atoms with Crippen molar-refractivity contribution in [2.75, 3.05) is 13.2 Å². The Morgan fingerprint density at radius 2 is 2.22 bits per heavy atom. The Morgan fingerprint density at radius 1 is 1.39 bits per heavy atom. The van der Waals surface area contributed by atoms with E-state index in [2.05, 4.69) is 5.10 Å². The summed E-state index contributed by atoms with van der Waals surface area (Å²) in [5, 5.41) is 13.9. The minimum absolute atomic E-state index is 0.00347. The fourth-order valence-electron chi connectivity index (χ4n) is 3.10. The van der Waals surface area contributed by atoms with Crippen LogP contribution in [0.1, 0.15) is 36.0 Å². The smallest absolute Gasteiger partial charge is 0.257 e. The molecule has 23 heavy (non-hydrogen) atoms. The summed E-state index contributed by atoms with van der Waals surface area (Å²) in [5.74, 6) is 0.00347. The van der Waals surface area contributed by atoms with Gasteiger partial charge in [0.2, 0.25) is 0 Å². The van der Waals surface area contributed by atoms with Crippen molar-refractivity contribution in [3.63, 3.8) is 0 Å². The predicted molar refractivity (Wildman–Crippen MR) is 89.0 cm³/mol. The molecule has 122 valence electrons. The predicted octanol–water partition coefficient (Wildman–Crippen LogP) is 2.90. The fraction of sp³-hybridized carbons (Fsp3) is 0.412. The monoisotopic (exact) mass is 333 g/mol. The Hall–Kier alpha value is -1.85. The Morgan fingerprint density at radius 3 is 3.00 bits per heavy atom. The number of hydrogen-bond donors (Lipinski definition) is 1. The van der Waals surface area contributed by atoms with Gasteiger partial charge in [-0.25, -0.2) is 4.68 Å². The summed E-state index contributed by atoms with van der Waals surface area (Å²) in [6.07, 6.45) is 6.91. The van der Waals surface area contributed by atoms with Crippen molar-refractivity contribution in [1.82, 2.24) is 14.7 Å². The minimum Gasteiger partial charge on any atom is -0.396 e. The number of rotatable bonds is 5. The van der Waals surface area contributed by atoms with E-state index in [1.807, 2.05) is 23.1 Å². The van der Waals surface area contributed by atoms with Gasteiger partial charge in [-0.05, 0) is 37.8 Å². The van der Waals surface area contributed by atoms with Gasteiger partial charge in [-0.3, -0.25) is 4.79 Å². The SMILES string of the molecule is O=C(c1cnn(-c2ccccc2Cl)c1)N1CCCC1CCCO. The lowest BCUT2D eigenvalue weighted by atomic mass is 10.1. The second kappa shape index (κ2) is 7.15. The number of carbonyl (C=O) groups is 1. The third-order valence-electron chi connectivity index (χ3n) is 4.26. The maximum Gasteiger partial charge on any atom is 0.257 e. The molecule has 0 spiro atoms. The van der Waals surface area contributed by atoms with E-state index in [1.54, 1.807) is 23.1 Å². The molecule has 0 radical (unpaired) electrons. The number of amides is 1. The lowest BCUT2D eigenvalue weighted by molar-refractivity contribution is 0.0724. The summed E-state index contributed by atoms with van der Waals surface area (Å²) in [5.41, 5.74) is 1.33. The van der Waals surface area contributed by atoms with E-state index in [9.17, 15) is 4.79 Å². The van der Waals surface area contributed by atoms with Crippen LogP contribution in [0.3, 0.4) is 0 Å². The van der Waals surface area contributed by atoms with Crippen LogP contribution in [0.4, 0.5) is 0 Å². The highest BCUT2D eigenvalue weighted by molar-refractivity contribution is 6.32. The molecule has 2 aromatic rings. The molecule has 3 rings (SSSR count). The highest BCUT2D eigenvalue weighted by Gasteiger charge is 2.29. The molecule has 1 N–H and O–H groups in total. The van der Waals surface area contributed by atoms with Crippen LogP contribution in [0.5, 0.6) is 0 Å². The molecule has 2 heterocycles. The van der Waals surface area contributed by atoms with E-state index < -0.39 is 0 Å². The number of likely N-dealkylation sites (tertiary alicyclic amines) is 1. The van der Waals surface area contributed by atoms with E-state index in [1.165, 1.54) is 0 Å². The molecule has 1 aromatic heterocycles. The number of aliphatic hydroxyl groups is 1. The number of aliphatic hydroxyl groups excluding tert-OH is 1. The first-order valence-corrected chi connectivity index (χ1v) is 8.30. The normalized spacial score (nSPS) is 17.7. The molecule has 0 bridgehead atoms. The van der Waals surface area contributed by atoms with Crippen LogP contribution in [-0.4, -0.2) is 44.9 Å². The van der Waals surface area contributed by atoms with Crippen LogP contribution in [-0.2, 0) is 0 Å². The summed E-state index contributed by atoms with van der Waals surface area (Å²) in [4.78, 5) is 14.6. The maximum absolute atomic E-state index is 12.7. The first-order valence-electron chi connectivity index (χ1n) is 7.92. The quantitative estimate of drug-likeness (QED) is 0.915. The third kappa shape index (κ3) is 3.41. The zero-order chi connectivity index (χ0) is 16.2. The van der Waals surface area contributed by atoms with Crippen molar-refractivity contribution in [2.45, 2.75) is 31.7 Å². The minimum atomic E-state index is 0.00347. The Bertz CT molecular complexity index is 686. The molecule has 1 aliphatic heterocycles. The zero-order valence-corrected chi connectivity index (χ0v) is 13.6. The van der Waals surface area contributed by atoms with Crippen LogP contribution < -0.4 is 0 Å². The Labute approximate surface area is 140 Å². The van der Waals surface area contributed by atoms with Crippen molar-refractivity contribution >= 4 is 17.5 Å². The Balaban J connectivity index is 1.77. The molecule has 1 aromatic carbocycles. The van der Waals surface area contributed by atoms with Crippen LogP contribution in [0.2, 0.25) is 5.02 Å². The highest BCUT2D eigenvalue weighted by atomic mass is 35.5. The molecular weight excluding hydrogens is 314 g/mol. The molecule has 5 nitrogen and oxygen atoms in total. The molecule has 1 fully saturated rings. The summed E-state index contributed by atoms with van der Waals surface area (Å²) in [6, 6.07) is 7.63. The topological polar surface area (TPSA) is 58.4 Å². The molecule has 6 heteroatoms. The van der Waals surface area contributed by atoms with Crippen molar-refractivity contribution in [3.05, 3.63) is 47.2 Å². The molecule has 1 aliphatic rings. The fourth-order valence-corrected chi connectivity index (χ4v) is 3.32. The number of halogens is 1. The van der Waals surface area contributed by atoms with E-state index in [-0.39, 0.29) is 18.6 Å². The first-order chi connectivity index (χ1) is 11.2. The number of carbonyl (C=O) groups excluding carboxylic acids is 1. The van der Waals surface area contributed by atoms with Gasteiger partial charge >= 0.3 is 0 Å². The number of para-hydroxylation sites is 1. The standard InChI is InChI=1S/C17H20ClN3O2/c18-15-7-1-2-8-16(15)21-12-13(11-19-21)17(23)20-9-3-5-14(20)6-4-10-22/h1-2,7-8,11-12,14,22H,3-6,9-10H2. The van der Waals surface area contributed by atoms with Crippen molar-refractivity contribution in [3.8, 4) is 5.69 Å². The van der Waals surface area contributed by atoms with Gasteiger partial charge < -0.3 is 10.0 Å². The van der Waals surface area contributed by atoms with Crippen molar-refractivity contribution < 1.29 is 9.90 Å². The average Bonchev–Trinajstić information content (AvgIpc) is 3.22. The largest absolute Gasteiger partial charge is 0.396 e. The summed E-state index contributed by atoms with van der Waals surface area (Å²) in [7, 11) is 0. The summed E-state index contributed by atoms with van der Waals surface area (Å²) < 4.78 is 1.63. The van der Waals surface area contributed by atoms with Gasteiger partial charge in [0.1, 0.15) is 0 Å².